The number of aryl methyl sites for hydroxylation is 1. The average molecular weight is 506 g/mol. The molecule has 0 saturated carbocycles. The van der Waals surface area contributed by atoms with Crippen molar-refractivity contribution < 1.29 is 4.39 Å². The number of likely N-dealkylation sites (tertiary alicyclic amines) is 2. The van der Waals surface area contributed by atoms with Crippen LogP contribution in [0.15, 0.2) is 61.1 Å². The summed E-state index contributed by atoms with van der Waals surface area (Å²) < 4.78 is 13.7. The van der Waals surface area contributed by atoms with E-state index in [1.807, 2.05) is 19.1 Å². The normalized spacial score (nSPS) is 17.2. The van der Waals surface area contributed by atoms with E-state index in [-0.39, 0.29) is 5.82 Å². The smallest absolute Gasteiger partial charge is 0.228 e. The van der Waals surface area contributed by atoms with Crippen molar-refractivity contribution >= 4 is 17.5 Å². The van der Waals surface area contributed by atoms with Crippen LogP contribution in [-0.4, -0.2) is 52.0 Å². The summed E-state index contributed by atoms with van der Waals surface area (Å²) in [6, 6.07) is 12.9. The number of aromatic nitrogens is 2. The van der Waals surface area contributed by atoms with Crippen molar-refractivity contribution in [1.82, 2.24) is 19.8 Å². The summed E-state index contributed by atoms with van der Waals surface area (Å²) in [6.45, 7) is 10.7. The van der Waals surface area contributed by atoms with Gasteiger partial charge in [-0.1, -0.05) is 30.7 Å². The maximum atomic E-state index is 13.7. The van der Waals surface area contributed by atoms with Crippen LogP contribution in [0.25, 0.3) is 22.4 Å². The van der Waals surface area contributed by atoms with Crippen LogP contribution in [0.5, 0.6) is 0 Å². The summed E-state index contributed by atoms with van der Waals surface area (Å²) >= 11 is 6.34. The van der Waals surface area contributed by atoms with Crippen LogP contribution in [-0.2, 0) is 0 Å². The first-order valence-electron chi connectivity index (χ1n) is 12.8. The Balaban J connectivity index is 1.35. The Bertz CT molecular complexity index is 1190. The molecule has 5 rings (SSSR count). The molecule has 2 aliphatic heterocycles. The van der Waals surface area contributed by atoms with Gasteiger partial charge in [-0.15, -0.1) is 0 Å². The van der Waals surface area contributed by atoms with E-state index in [2.05, 4.69) is 32.7 Å². The van der Waals surface area contributed by atoms with E-state index in [1.165, 1.54) is 44.5 Å². The lowest BCUT2D eigenvalue weighted by atomic mass is 9.99. The Labute approximate surface area is 218 Å². The molecular weight excluding hydrogens is 473 g/mol. The van der Waals surface area contributed by atoms with E-state index in [1.54, 1.807) is 18.3 Å². The second kappa shape index (κ2) is 11.0. The number of piperidine rings is 2. The van der Waals surface area contributed by atoms with Gasteiger partial charge in [-0.2, -0.15) is 0 Å². The average Bonchev–Trinajstić information content (AvgIpc) is 2.89. The van der Waals surface area contributed by atoms with Crippen molar-refractivity contribution in [2.24, 2.45) is 0 Å². The molecule has 0 unspecified atom stereocenters. The quantitative estimate of drug-likeness (QED) is 0.401. The van der Waals surface area contributed by atoms with E-state index in [4.69, 9.17) is 16.6 Å². The third kappa shape index (κ3) is 5.71. The van der Waals surface area contributed by atoms with Gasteiger partial charge in [0.15, 0.2) is 0 Å². The van der Waals surface area contributed by atoms with Gasteiger partial charge in [0.25, 0.3) is 0 Å². The van der Waals surface area contributed by atoms with Crippen LogP contribution in [0.2, 0.25) is 5.02 Å². The number of halogens is 2. The highest BCUT2D eigenvalue weighted by atomic mass is 35.5. The topological polar surface area (TPSA) is 44.3 Å². The van der Waals surface area contributed by atoms with Gasteiger partial charge < -0.3 is 15.1 Å². The third-order valence-corrected chi connectivity index (χ3v) is 7.49. The molecule has 0 amide bonds. The number of hydrogen-bond acceptors (Lipinski definition) is 5. The molecule has 2 aliphatic rings. The van der Waals surface area contributed by atoms with Crippen LogP contribution in [0.1, 0.15) is 37.7 Å². The summed E-state index contributed by atoms with van der Waals surface area (Å²) in [6.07, 6.45) is 8.12. The van der Waals surface area contributed by atoms with Crippen molar-refractivity contribution in [1.29, 1.82) is 0 Å². The van der Waals surface area contributed by atoms with Crippen LogP contribution >= 0.6 is 11.6 Å². The standard InChI is InChI=1S/C29H33ClFN5/c1-20-16-23(18-24(30)17-20)27-19-32-29(34-28(27)22-6-8-25(31)9-7-22)33-21(2)35-14-10-26(11-15-35)36-12-4-3-5-13-36/h6-9,16-19,26H,2-5,10-15H2,1H3,(H,32,33,34). The Morgan fingerprint density at radius 2 is 1.72 bits per heavy atom. The maximum absolute atomic E-state index is 13.7. The SMILES string of the molecule is C=C(Nc1ncc(-c2cc(C)cc(Cl)c2)c(-c2ccc(F)cc2)n1)N1CCC(N2CCCCC2)CC1. The summed E-state index contributed by atoms with van der Waals surface area (Å²) in [5.74, 6) is 0.996. The molecule has 1 aromatic heterocycles. The van der Waals surface area contributed by atoms with Crippen molar-refractivity contribution in [3.8, 4) is 22.4 Å². The largest absolute Gasteiger partial charge is 0.358 e. The molecule has 0 bridgehead atoms. The van der Waals surface area contributed by atoms with Crippen LogP contribution < -0.4 is 5.32 Å². The maximum Gasteiger partial charge on any atom is 0.228 e. The van der Waals surface area contributed by atoms with Crippen molar-refractivity contribution in [2.75, 3.05) is 31.5 Å². The van der Waals surface area contributed by atoms with E-state index in [0.717, 1.165) is 54.0 Å². The van der Waals surface area contributed by atoms with E-state index in [0.29, 0.717) is 22.7 Å². The molecule has 2 saturated heterocycles. The Kier molecular flexibility index (Phi) is 7.54. The summed E-state index contributed by atoms with van der Waals surface area (Å²) in [4.78, 5) is 14.4. The first kappa shape index (κ1) is 24.7. The molecule has 188 valence electrons. The molecule has 2 aromatic carbocycles. The van der Waals surface area contributed by atoms with Gasteiger partial charge in [-0.05, 0) is 93.2 Å². The minimum atomic E-state index is -0.285. The molecule has 3 heterocycles. The van der Waals surface area contributed by atoms with E-state index in [9.17, 15) is 4.39 Å². The number of nitrogens with zero attached hydrogens (tertiary/aromatic N) is 4. The molecule has 0 spiro atoms. The number of benzene rings is 2. The number of rotatable bonds is 6. The third-order valence-electron chi connectivity index (χ3n) is 7.27. The van der Waals surface area contributed by atoms with Gasteiger partial charge in [-0.3, -0.25) is 0 Å². The van der Waals surface area contributed by atoms with Crippen LogP contribution in [0.4, 0.5) is 10.3 Å². The van der Waals surface area contributed by atoms with Gasteiger partial charge in [0.2, 0.25) is 5.95 Å². The zero-order valence-corrected chi connectivity index (χ0v) is 21.6. The second-order valence-corrected chi connectivity index (χ2v) is 10.3. The van der Waals surface area contributed by atoms with Gasteiger partial charge in [0.1, 0.15) is 11.6 Å². The monoisotopic (exact) mass is 505 g/mol. The zero-order valence-electron chi connectivity index (χ0n) is 20.8. The fourth-order valence-corrected chi connectivity index (χ4v) is 5.66. The lowest BCUT2D eigenvalue weighted by Gasteiger charge is -2.41. The number of hydrogen-bond donors (Lipinski definition) is 1. The molecule has 1 N–H and O–H groups in total. The Hall–Kier alpha value is -2.96. The van der Waals surface area contributed by atoms with Crippen molar-refractivity contribution in [3.63, 3.8) is 0 Å². The molecule has 0 radical (unpaired) electrons. The summed E-state index contributed by atoms with van der Waals surface area (Å²) in [5, 5.41) is 3.98. The second-order valence-electron chi connectivity index (χ2n) is 9.87. The highest BCUT2D eigenvalue weighted by molar-refractivity contribution is 6.31. The van der Waals surface area contributed by atoms with E-state index < -0.39 is 0 Å². The predicted molar refractivity (Wildman–Crippen MR) is 145 cm³/mol. The van der Waals surface area contributed by atoms with Gasteiger partial charge in [0.05, 0.1) is 5.69 Å². The molecule has 5 nitrogen and oxygen atoms in total. The molecule has 7 heteroatoms. The van der Waals surface area contributed by atoms with Gasteiger partial charge in [0, 0.05) is 41.5 Å². The lowest BCUT2D eigenvalue weighted by Crippen LogP contribution is -2.46. The van der Waals surface area contributed by atoms with Gasteiger partial charge >= 0.3 is 0 Å². The van der Waals surface area contributed by atoms with E-state index >= 15 is 0 Å². The predicted octanol–water partition coefficient (Wildman–Crippen LogP) is 6.74. The molecule has 0 atom stereocenters. The number of nitrogens with one attached hydrogen (secondary N) is 1. The Morgan fingerprint density at radius 1 is 1.00 bits per heavy atom. The van der Waals surface area contributed by atoms with Gasteiger partial charge in [-0.25, -0.2) is 14.4 Å². The number of anilines is 1. The minimum Gasteiger partial charge on any atom is -0.358 e. The summed E-state index contributed by atoms with van der Waals surface area (Å²) in [7, 11) is 0. The minimum absolute atomic E-state index is 0.285. The first-order chi connectivity index (χ1) is 17.5. The fourth-order valence-electron chi connectivity index (χ4n) is 5.37. The molecule has 36 heavy (non-hydrogen) atoms. The summed E-state index contributed by atoms with van der Waals surface area (Å²) in [5.41, 5.74) is 4.33. The van der Waals surface area contributed by atoms with Crippen LogP contribution in [0.3, 0.4) is 0 Å². The highest BCUT2D eigenvalue weighted by Gasteiger charge is 2.26. The van der Waals surface area contributed by atoms with Crippen molar-refractivity contribution in [2.45, 2.75) is 45.1 Å². The fraction of sp³-hybridized carbons (Fsp3) is 0.379. The highest BCUT2D eigenvalue weighted by Crippen LogP contribution is 2.33. The lowest BCUT2D eigenvalue weighted by molar-refractivity contribution is 0.106. The molecular formula is C29H33ClFN5. The molecule has 0 aliphatic carbocycles. The van der Waals surface area contributed by atoms with Crippen molar-refractivity contribution in [3.05, 3.63) is 77.5 Å². The van der Waals surface area contributed by atoms with Crippen LogP contribution in [0, 0.1) is 12.7 Å². The molecule has 3 aromatic rings. The Morgan fingerprint density at radius 3 is 2.42 bits per heavy atom. The first-order valence-corrected chi connectivity index (χ1v) is 13.2. The zero-order chi connectivity index (χ0) is 25.1. The molecule has 2 fully saturated rings.